The van der Waals surface area contributed by atoms with Crippen LogP contribution in [0.2, 0.25) is 0 Å². The molecule has 1 atom stereocenters. The predicted octanol–water partition coefficient (Wildman–Crippen LogP) is -0.0534. The zero-order valence-electron chi connectivity index (χ0n) is 13.4. The Balaban J connectivity index is 2.08. The average molecular weight is 351 g/mol. The van der Waals surface area contributed by atoms with E-state index in [1.807, 2.05) is 4.90 Å². The number of amides is 1. The lowest BCUT2D eigenvalue weighted by Crippen LogP contribution is -2.39. The molecule has 0 spiro atoms. The quantitative estimate of drug-likeness (QED) is 0.355. The number of primary amides is 1. The lowest BCUT2D eigenvalue weighted by Gasteiger charge is -2.30. The highest BCUT2D eigenvalue weighted by Crippen LogP contribution is 2.22. The van der Waals surface area contributed by atoms with Crippen LogP contribution in [0.3, 0.4) is 0 Å². The molecule has 1 saturated heterocycles. The SMILES string of the molecule is CNC(O)SC(C=O)=Cc1ccnc(N2CCC(C(N)=O)CC2)n1. The molecule has 1 amide bonds. The number of aliphatic hydroxyl groups excluding tert-OH is 1. The molecule has 1 fully saturated rings. The number of aliphatic hydroxyl groups is 1. The van der Waals surface area contributed by atoms with Gasteiger partial charge in [0.05, 0.1) is 10.6 Å². The smallest absolute Gasteiger partial charge is 0.225 e. The second kappa shape index (κ2) is 8.76. The summed E-state index contributed by atoms with van der Waals surface area (Å²) in [7, 11) is 1.60. The van der Waals surface area contributed by atoms with Gasteiger partial charge in [-0.2, -0.15) is 0 Å². The Labute approximate surface area is 144 Å². The number of piperidine rings is 1. The average Bonchev–Trinajstić information content (AvgIpc) is 2.61. The van der Waals surface area contributed by atoms with Crippen LogP contribution in [0, 0.1) is 5.92 Å². The molecule has 1 aromatic heterocycles. The zero-order chi connectivity index (χ0) is 17.5. The summed E-state index contributed by atoms with van der Waals surface area (Å²) in [5.41, 5.74) is 5.05. The summed E-state index contributed by atoms with van der Waals surface area (Å²) in [6, 6.07) is 1.69. The molecular formula is C15H21N5O3S. The first-order valence-corrected chi connectivity index (χ1v) is 8.47. The second-order valence-electron chi connectivity index (χ2n) is 5.37. The molecule has 130 valence electrons. The Kier molecular flexibility index (Phi) is 6.71. The van der Waals surface area contributed by atoms with E-state index in [1.54, 1.807) is 25.4 Å². The van der Waals surface area contributed by atoms with Gasteiger partial charge in [-0.25, -0.2) is 9.97 Å². The van der Waals surface area contributed by atoms with Crippen molar-refractivity contribution in [1.82, 2.24) is 15.3 Å². The standard InChI is InChI=1S/C15H21N5O3S/c1-17-15(23)24-12(9-21)8-11-2-5-18-14(19-11)20-6-3-10(4-7-20)13(16)22/h2,5,8-10,15,17,23H,3-4,6-7H2,1H3,(H2,16,22). The van der Waals surface area contributed by atoms with Crippen molar-refractivity contribution < 1.29 is 14.7 Å². The summed E-state index contributed by atoms with van der Waals surface area (Å²) in [5.74, 6) is 0.199. The van der Waals surface area contributed by atoms with E-state index in [9.17, 15) is 14.7 Å². The third-order valence-electron chi connectivity index (χ3n) is 3.75. The second-order valence-corrected chi connectivity index (χ2v) is 6.52. The molecule has 0 bridgehead atoms. The Morgan fingerprint density at radius 3 is 2.83 bits per heavy atom. The maximum Gasteiger partial charge on any atom is 0.225 e. The van der Waals surface area contributed by atoms with E-state index < -0.39 is 5.56 Å². The number of thioether (sulfide) groups is 1. The third kappa shape index (κ3) is 5.02. The molecule has 1 unspecified atom stereocenters. The monoisotopic (exact) mass is 351 g/mol. The number of nitrogens with zero attached hydrogens (tertiary/aromatic N) is 3. The summed E-state index contributed by atoms with van der Waals surface area (Å²) in [6.45, 7) is 1.32. The van der Waals surface area contributed by atoms with Gasteiger partial charge in [0.25, 0.3) is 0 Å². The van der Waals surface area contributed by atoms with Crippen LogP contribution < -0.4 is 16.0 Å². The van der Waals surface area contributed by atoms with Gasteiger partial charge in [-0.05, 0) is 32.0 Å². The van der Waals surface area contributed by atoms with E-state index in [1.165, 1.54) is 0 Å². The molecule has 0 saturated carbocycles. The van der Waals surface area contributed by atoms with E-state index >= 15 is 0 Å². The molecule has 4 N–H and O–H groups in total. The summed E-state index contributed by atoms with van der Waals surface area (Å²) in [6.07, 6.45) is 5.26. The molecular weight excluding hydrogens is 330 g/mol. The van der Waals surface area contributed by atoms with E-state index in [0.717, 1.165) is 11.8 Å². The van der Waals surface area contributed by atoms with Gasteiger partial charge in [0, 0.05) is 25.2 Å². The topological polar surface area (TPSA) is 121 Å². The van der Waals surface area contributed by atoms with Gasteiger partial charge in [0.2, 0.25) is 11.9 Å². The van der Waals surface area contributed by atoms with Crippen molar-refractivity contribution in [2.75, 3.05) is 25.0 Å². The summed E-state index contributed by atoms with van der Waals surface area (Å²) < 4.78 is 0. The molecule has 8 nitrogen and oxygen atoms in total. The number of rotatable bonds is 7. The van der Waals surface area contributed by atoms with Crippen LogP contribution in [-0.2, 0) is 9.59 Å². The van der Waals surface area contributed by atoms with Gasteiger partial charge in [0.1, 0.15) is 0 Å². The third-order valence-corrected chi connectivity index (χ3v) is 4.69. The van der Waals surface area contributed by atoms with E-state index in [0.29, 0.717) is 48.8 Å². The first-order valence-electron chi connectivity index (χ1n) is 7.59. The number of hydrogen-bond acceptors (Lipinski definition) is 8. The van der Waals surface area contributed by atoms with Crippen LogP contribution in [0.25, 0.3) is 6.08 Å². The van der Waals surface area contributed by atoms with E-state index in [2.05, 4.69) is 15.3 Å². The molecule has 1 aliphatic rings. The van der Waals surface area contributed by atoms with Gasteiger partial charge >= 0.3 is 0 Å². The molecule has 0 radical (unpaired) electrons. The number of aldehydes is 1. The number of carbonyl (C=O) groups is 2. The Bertz CT molecular complexity index is 617. The van der Waals surface area contributed by atoms with Crippen molar-refractivity contribution in [1.29, 1.82) is 0 Å². The Hall–Kier alpha value is -1.97. The van der Waals surface area contributed by atoms with Gasteiger partial charge in [-0.1, -0.05) is 11.8 Å². The minimum Gasteiger partial charge on any atom is -0.369 e. The molecule has 24 heavy (non-hydrogen) atoms. The van der Waals surface area contributed by atoms with Crippen LogP contribution in [-0.4, -0.2) is 53.0 Å². The fourth-order valence-corrected chi connectivity index (χ4v) is 3.01. The first kappa shape index (κ1) is 18.4. The molecule has 1 aromatic rings. The molecule has 9 heteroatoms. The lowest BCUT2D eigenvalue weighted by atomic mass is 9.96. The van der Waals surface area contributed by atoms with Gasteiger partial charge < -0.3 is 15.7 Å². The van der Waals surface area contributed by atoms with Gasteiger partial charge in [-0.15, -0.1) is 0 Å². The highest BCUT2D eigenvalue weighted by molar-refractivity contribution is 8.04. The predicted molar refractivity (Wildman–Crippen MR) is 92.9 cm³/mol. The van der Waals surface area contributed by atoms with Crippen molar-refractivity contribution in [3.8, 4) is 0 Å². The fourth-order valence-electron chi connectivity index (χ4n) is 2.39. The first-order chi connectivity index (χ1) is 11.5. The lowest BCUT2D eigenvalue weighted by molar-refractivity contribution is -0.122. The number of aromatic nitrogens is 2. The maximum atomic E-state index is 11.2. The zero-order valence-corrected chi connectivity index (χ0v) is 14.2. The molecule has 0 aliphatic carbocycles. The van der Waals surface area contributed by atoms with E-state index in [4.69, 9.17) is 5.73 Å². The fraction of sp³-hybridized carbons (Fsp3) is 0.467. The largest absolute Gasteiger partial charge is 0.369 e. The Morgan fingerprint density at radius 1 is 1.54 bits per heavy atom. The van der Waals surface area contributed by atoms with Crippen molar-refractivity contribution >= 4 is 36.0 Å². The number of nitrogens with two attached hydrogens (primary N) is 1. The highest BCUT2D eigenvalue weighted by atomic mass is 32.2. The number of allylic oxidation sites excluding steroid dienone is 1. The van der Waals surface area contributed by atoms with Crippen molar-refractivity contribution in [3.05, 3.63) is 22.9 Å². The summed E-state index contributed by atoms with van der Waals surface area (Å²) >= 11 is 0.997. The summed E-state index contributed by atoms with van der Waals surface area (Å²) in [5, 5.41) is 12.2. The van der Waals surface area contributed by atoms with Crippen molar-refractivity contribution in [2.45, 2.75) is 18.4 Å². The van der Waals surface area contributed by atoms with Crippen molar-refractivity contribution in [2.24, 2.45) is 11.7 Å². The minimum atomic E-state index is -0.865. The minimum absolute atomic E-state index is 0.0922. The van der Waals surface area contributed by atoms with Crippen LogP contribution >= 0.6 is 11.8 Å². The number of nitrogens with one attached hydrogen (secondary N) is 1. The molecule has 2 heterocycles. The summed E-state index contributed by atoms with van der Waals surface area (Å²) in [4.78, 5) is 33.4. The molecule has 0 aromatic carbocycles. The van der Waals surface area contributed by atoms with Gasteiger partial charge in [-0.3, -0.25) is 14.9 Å². The number of carbonyl (C=O) groups excluding carboxylic acids is 2. The maximum absolute atomic E-state index is 11.2. The van der Waals surface area contributed by atoms with Crippen LogP contribution in [0.4, 0.5) is 5.95 Å². The molecule has 2 rings (SSSR count). The van der Waals surface area contributed by atoms with Crippen LogP contribution in [0.15, 0.2) is 17.2 Å². The Morgan fingerprint density at radius 2 is 2.25 bits per heavy atom. The normalized spacial score (nSPS) is 17.6. The molecule has 1 aliphatic heterocycles. The van der Waals surface area contributed by atoms with Crippen molar-refractivity contribution in [3.63, 3.8) is 0 Å². The number of anilines is 1. The van der Waals surface area contributed by atoms with Crippen LogP contribution in [0.5, 0.6) is 0 Å². The van der Waals surface area contributed by atoms with Crippen LogP contribution in [0.1, 0.15) is 18.5 Å². The number of hydrogen-bond donors (Lipinski definition) is 3. The van der Waals surface area contributed by atoms with Gasteiger partial charge in [0.15, 0.2) is 11.8 Å². The highest BCUT2D eigenvalue weighted by Gasteiger charge is 2.24. The van der Waals surface area contributed by atoms with E-state index in [-0.39, 0.29) is 11.8 Å².